The summed E-state index contributed by atoms with van der Waals surface area (Å²) in [4.78, 5) is 20.9. The largest absolute Gasteiger partial charge is 0.352 e. The number of carbonyl (C=O) groups is 1. The molecular weight excluding hydrogens is 388 g/mol. The minimum Gasteiger partial charge on any atom is -0.352 e. The van der Waals surface area contributed by atoms with E-state index in [9.17, 15) is 4.79 Å². The Balaban J connectivity index is 1.35. The van der Waals surface area contributed by atoms with Gasteiger partial charge in [0.05, 0.1) is 0 Å². The number of nitrogens with zero attached hydrogens (tertiary/aromatic N) is 5. The number of hydrogen-bond donors (Lipinski definition) is 1. The molecule has 0 aliphatic carbocycles. The molecule has 1 N–H and O–H groups in total. The van der Waals surface area contributed by atoms with Gasteiger partial charge in [0.1, 0.15) is 5.82 Å². The predicted molar refractivity (Wildman–Crippen MR) is 114 cm³/mol. The van der Waals surface area contributed by atoms with Gasteiger partial charge in [-0.25, -0.2) is 4.98 Å². The number of amides is 1. The number of halogens is 1. The van der Waals surface area contributed by atoms with Crippen molar-refractivity contribution in [3.63, 3.8) is 0 Å². The van der Waals surface area contributed by atoms with Crippen LogP contribution in [0.15, 0.2) is 54.7 Å². The van der Waals surface area contributed by atoms with Crippen molar-refractivity contribution in [1.29, 1.82) is 0 Å². The van der Waals surface area contributed by atoms with Gasteiger partial charge in [0, 0.05) is 43.0 Å². The lowest BCUT2D eigenvalue weighted by Crippen LogP contribution is -2.49. The summed E-state index contributed by atoms with van der Waals surface area (Å²) in [5.74, 6) is 2.16. The summed E-state index contributed by atoms with van der Waals surface area (Å²) < 4.78 is 0. The predicted octanol–water partition coefficient (Wildman–Crippen LogP) is 3.54. The maximum Gasteiger partial charge on any atom is 0.254 e. The molecule has 3 heterocycles. The molecule has 7 nitrogen and oxygen atoms in total. The van der Waals surface area contributed by atoms with Crippen LogP contribution in [0.5, 0.6) is 0 Å². The normalized spacial score (nSPS) is 14.0. The van der Waals surface area contributed by atoms with Crippen molar-refractivity contribution in [2.45, 2.75) is 6.92 Å². The first kappa shape index (κ1) is 19.1. The van der Waals surface area contributed by atoms with Crippen molar-refractivity contribution in [3.05, 3.63) is 70.9 Å². The molecule has 148 valence electrons. The van der Waals surface area contributed by atoms with Crippen LogP contribution in [0.4, 0.5) is 17.5 Å². The number of rotatable bonds is 4. The summed E-state index contributed by atoms with van der Waals surface area (Å²) in [6.07, 6.45) is 1.80. The minimum absolute atomic E-state index is 0.00313. The van der Waals surface area contributed by atoms with Crippen molar-refractivity contribution >= 4 is 35.0 Å². The van der Waals surface area contributed by atoms with Crippen LogP contribution in [0.1, 0.15) is 15.9 Å². The summed E-state index contributed by atoms with van der Waals surface area (Å²) in [5.41, 5.74) is 1.72. The van der Waals surface area contributed by atoms with Gasteiger partial charge < -0.3 is 15.1 Å². The van der Waals surface area contributed by atoms with Gasteiger partial charge in [-0.2, -0.15) is 0 Å². The van der Waals surface area contributed by atoms with Crippen LogP contribution < -0.4 is 10.2 Å². The van der Waals surface area contributed by atoms with E-state index in [1.165, 1.54) is 0 Å². The molecule has 3 aromatic rings. The zero-order valence-electron chi connectivity index (χ0n) is 16.0. The first-order valence-electron chi connectivity index (χ1n) is 9.42. The van der Waals surface area contributed by atoms with E-state index in [1.54, 1.807) is 30.5 Å². The second kappa shape index (κ2) is 8.45. The number of carbonyl (C=O) groups excluding carboxylic acids is 1. The molecule has 4 rings (SSSR count). The van der Waals surface area contributed by atoms with Crippen molar-refractivity contribution in [2.24, 2.45) is 0 Å². The van der Waals surface area contributed by atoms with Crippen molar-refractivity contribution < 1.29 is 4.79 Å². The van der Waals surface area contributed by atoms with Gasteiger partial charge >= 0.3 is 0 Å². The number of aryl methyl sites for hydroxylation is 1. The Bertz CT molecular complexity index is 985. The monoisotopic (exact) mass is 408 g/mol. The van der Waals surface area contributed by atoms with E-state index < -0.39 is 0 Å². The fourth-order valence-electron chi connectivity index (χ4n) is 3.18. The highest BCUT2D eigenvalue weighted by Gasteiger charge is 2.23. The van der Waals surface area contributed by atoms with Crippen molar-refractivity contribution in [3.8, 4) is 0 Å². The van der Waals surface area contributed by atoms with Crippen molar-refractivity contribution in [1.82, 2.24) is 20.1 Å². The van der Waals surface area contributed by atoms with Gasteiger partial charge in [0.15, 0.2) is 11.6 Å². The van der Waals surface area contributed by atoms with Crippen molar-refractivity contribution in [2.75, 3.05) is 36.4 Å². The van der Waals surface area contributed by atoms with Crippen LogP contribution in [-0.2, 0) is 0 Å². The highest BCUT2D eigenvalue weighted by molar-refractivity contribution is 6.30. The number of aromatic nitrogens is 3. The molecule has 0 radical (unpaired) electrons. The average molecular weight is 409 g/mol. The second-order valence-corrected chi connectivity index (χ2v) is 7.35. The topological polar surface area (TPSA) is 74.2 Å². The Hall–Kier alpha value is -3.19. The third-order valence-corrected chi connectivity index (χ3v) is 5.02. The van der Waals surface area contributed by atoms with Crippen LogP contribution in [0.25, 0.3) is 0 Å². The van der Waals surface area contributed by atoms with Crippen LogP contribution in [0.2, 0.25) is 5.02 Å². The molecule has 2 aromatic heterocycles. The molecule has 1 saturated heterocycles. The molecule has 1 aliphatic rings. The van der Waals surface area contributed by atoms with Crippen LogP contribution in [-0.4, -0.2) is 52.2 Å². The molecule has 1 aromatic carbocycles. The molecule has 1 amide bonds. The van der Waals surface area contributed by atoms with E-state index in [2.05, 4.69) is 25.4 Å². The van der Waals surface area contributed by atoms with E-state index in [4.69, 9.17) is 11.6 Å². The zero-order valence-corrected chi connectivity index (χ0v) is 16.8. The van der Waals surface area contributed by atoms with Gasteiger partial charge in [0.25, 0.3) is 5.91 Å². The number of anilines is 3. The third kappa shape index (κ3) is 4.63. The molecule has 1 fully saturated rings. The third-order valence-electron chi connectivity index (χ3n) is 4.78. The smallest absolute Gasteiger partial charge is 0.254 e. The Kier molecular flexibility index (Phi) is 5.57. The molecule has 0 saturated carbocycles. The summed E-state index contributed by atoms with van der Waals surface area (Å²) in [7, 11) is 0. The molecule has 0 bridgehead atoms. The fraction of sp³-hybridized carbons (Fsp3) is 0.238. The molecule has 0 unspecified atom stereocenters. The average Bonchev–Trinajstić information content (AvgIpc) is 2.75. The summed E-state index contributed by atoms with van der Waals surface area (Å²) in [5, 5.41) is 12.3. The highest BCUT2D eigenvalue weighted by atomic mass is 35.5. The SMILES string of the molecule is Cc1ccc(Nc2ccc(N3CCN(C(=O)c4cccc(Cl)c4)CC3)nn2)nc1. The van der Waals surface area contributed by atoms with Gasteiger partial charge in [-0.1, -0.05) is 23.7 Å². The lowest BCUT2D eigenvalue weighted by molar-refractivity contribution is 0.0746. The van der Waals surface area contributed by atoms with E-state index in [0.717, 1.165) is 17.2 Å². The molecule has 1 aliphatic heterocycles. The van der Waals surface area contributed by atoms with Gasteiger partial charge in [-0.05, 0) is 48.9 Å². The zero-order chi connectivity index (χ0) is 20.2. The first-order chi connectivity index (χ1) is 14.1. The van der Waals surface area contributed by atoms with Crippen LogP contribution >= 0.6 is 11.6 Å². The number of benzene rings is 1. The van der Waals surface area contributed by atoms with E-state index in [1.807, 2.05) is 36.1 Å². The Labute approximate surface area is 174 Å². The first-order valence-corrected chi connectivity index (χ1v) is 9.79. The Morgan fingerprint density at radius 2 is 1.79 bits per heavy atom. The maximum atomic E-state index is 12.6. The Morgan fingerprint density at radius 1 is 1.00 bits per heavy atom. The number of pyridine rings is 1. The van der Waals surface area contributed by atoms with Crippen LogP contribution in [0.3, 0.4) is 0 Å². The van der Waals surface area contributed by atoms with E-state index >= 15 is 0 Å². The Morgan fingerprint density at radius 3 is 2.45 bits per heavy atom. The van der Waals surface area contributed by atoms with E-state index in [-0.39, 0.29) is 5.91 Å². The highest BCUT2D eigenvalue weighted by Crippen LogP contribution is 2.18. The number of hydrogen-bond acceptors (Lipinski definition) is 6. The summed E-state index contributed by atoms with van der Waals surface area (Å²) in [6.45, 7) is 4.65. The lowest BCUT2D eigenvalue weighted by Gasteiger charge is -2.35. The number of piperazine rings is 1. The molecule has 0 spiro atoms. The summed E-state index contributed by atoms with van der Waals surface area (Å²) in [6, 6.07) is 14.8. The van der Waals surface area contributed by atoms with E-state index in [0.29, 0.717) is 42.6 Å². The molecule has 0 atom stereocenters. The van der Waals surface area contributed by atoms with Gasteiger partial charge in [-0.3, -0.25) is 4.79 Å². The molecular formula is C21H21ClN6O. The minimum atomic E-state index is 0.00313. The van der Waals surface area contributed by atoms with Crippen LogP contribution in [0, 0.1) is 6.92 Å². The fourth-order valence-corrected chi connectivity index (χ4v) is 3.37. The van der Waals surface area contributed by atoms with Gasteiger partial charge in [-0.15, -0.1) is 10.2 Å². The maximum absolute atomic E-state index is 12.6. The molecule has 8 heteroatoms. The number of nitrogens with one attached hydrogen (secondary N) is 1. The summed E-state index contributed by atoms with van der Waals surface area (Å²) >= 11 is 6.00. The standard InChI is InChI=1S/C21H21ClN6O/c1-15-5-6-18(23-14-15)24-19-7-8-20(26-25-19)27-9-11-28(12-10-27)21(29)16-3-2-4-17(22)13-16/h2-8,13-14H,9-12H2,1H3,(H,23,24,25). The second-order valence-electron chi connectivity index (χ2n) is 6.91. The quantitative estimate of drug-likeness (QED) is 0.711. The van der Waals surface area contributed by atoms with Gasteiger partial charge in [0.2, 0.25) is 0 Å². The molecule has 29 heavy (non-hydrogen) atoms. The lowest BCUT2D eigenvalue weighted by atomic mass is 10.2.